The number of methoxy groups -OCH3 is 1. The van der Waals surface area contributed by atoms with E-state index in [1.807, 2.05) is 6.92 Å². The molecule has 34 heavy (non-hydrogen) atoms. The second-order valence-electron chi connectivity index (χ2n) is 12.8. The third-order valence-electron chi connectivity index (χ3n) is 11.6. The van der Waals surface area contributed by atoms with Gasteiger partial charge in [0.05, 0.1) is 36.1 Å². The second kappa shape index (κ2) is 8.00. The van der Waals surface area contributed by atoms with Crippen LogP contribution in [0.3, 0.4) is 0 Å². The summed E-state index contributed by atoms with van der Waals surface area (Å²) >= 11 is 0. The zero-order valence-corrected chi connectivity index (χ0v) is 21.5. The minimum atomic E-state index is -0.615. The number of hydrogen-bond donors (Lipinski definition) is 2. The standard InChI is InChI=1S/C28H44O6/c1-15-19-9-11-28(30)20-7-6-17-12-18(34-24-14-22(31-5)25(29)16(2)33-24)8-10-26(17,3)21(20)13-23(32-15)27(19,28)4/h6,15-16,18-25,29-30H,7-14H2,1-5H3/t15-,16-,18+,19+,20-,21+,22-,23-,24+,25-,26+,27+,28+/m1/s1. The number of ether oxygens (including phenoxy) is 4. The summed E-state index contributed by atoms with van der Waals surface area (Å²) in [5.41, 5.74) is 0.882. The highest BCUT2D eigenvalue weighted by Crippen LogP contribution is 2.71. The summed E-state index contributed by atoms with van der Waals surface area (Å²) in [6.45, 7) is 8.88. The van der Waals surface area contributed by atoms with Gasteiger partial charge in [-0.25, -0.2) is 0 Å². The Hall–Kier alpha value is -0.500. The minimum absolute atomic E-state index is 0.0963. The number of aliphatic hydroxyl groups excluding tert-OH is 1. The van der Waals surface area contributed by atoms with Gasteiger partial charge in [-0.15, -0.1) is 0 Å². The van der Waals surface area contributed by atoms with Gasteiger partial charge in [0.25, 0.3) is 0 Å². The van der Waals surface area contributed by atoms with Gasteiger partial charge in [0.15, 0.2) is 6.29 Å². The van der Waals surface area contributed by atoms with Crippen molar-refractivity contribution in [3.63, 3.8) is 0 Å². The SMILES string of the molecule is CO[C@@H]1C[C@H](O[C@H]2CC[C@@]3(C)C(=CC[C@@H]4[C@@H]3C[C@H]3O[C@H](C)[C@@H]5CC[C@@]4(O)[C@]35C)C2)O[C@H](C)[C@H]1O. The first-order valence-corrected chi connectivity index (χ1v) is 13.7. The van der Waals surface area contributed by atoms with Crippen LogP contribution in [0.25, 0.3) is 0 Å². The van der Waals surface area contributed by atoms with Crippen LogP contribution in [0.2, 0.25) is 0 Å². The van der Waals surface area contributed by atoms with Crippen molar-refractivity contribution in [3.05, 3.63) is 11.6 Å². The Labute approximate surface area is 204 Å². The van der Waals surface area contributed by atoms with Crippen molar-refractivity contribution in [2.45, 2.75) is 128 Å². The molecule has 4 aliphatic carbocycles. The van der Waals surface area contributed by atoms with E-state index in [2.05, 4.69) is 26.8 Å². The van der Waals surface area contributed by atoms with Crippen LogP contribution in [-0.2, 0) is 18.9 Å². The molecule has 0 aromatic rings. The highest BCUT2D eigenvalue weighted by molar-refractivity contribution is 5.30. The molecule has 0 spiro atoms. The molecule has 0 radical (unpaired) electrons. The third-order valence-corrected chi connectivity index (χ3v) is 11.6. The van der Waals surface area contributed by atoms with Crippen molar-refractivity contribution in [2.75, 3.05) is 7.11 Å². The molecule has 6 rings (SSSR count). The maximum Gasteiger partial charge on any atom is 0.161 e. The molecule has 2 saturated heterocycles. The quantitative estimate of drug-likeness (QED) is 0.600. The lowest BCUT2D eigenvalue weighted by Crippen LogP contribution is -2.64. The van der Waals surface area contributed by atoms with Crippen molar-refractivity contribution >= 4 is 0 Å². The van der Waals surface area contributed by atoms with E-state index in [-0.39, 0.29) is 47.6 Å². The molecule has 0 bridgehead atoms. The van der Waals surface area contributed by atoms with Crippen LogP contribution < -0.4 is 0 Å². The molecular formula is C28H44O6. The van der Waals surface area contributed by atoms with Crippen LogP contribution in [0.15, 0.2) is 11.6 Å². The van der Waals surface area contributed by atoms with Crippen molar-refractivity contribution in [1.29, 1.82) is 0 Å². The van der Waals surface area contributed by atoms with E-state index < -0.39 is 11.7 Å². The maximum absolute atomic E-state index is 12.2. The fourth-order valence-electron chi connectivity index (χ4n) is 9.55. The molecule has 13 atom stereocenters. The molecule has 6 heteroatoms. The molecule has 3 saturated carbocycles. The monoisotopic (exact) mass is 476 g/mol. The van der Waals surface area contributed by atoms with E-state index in [9.17, 15) is 10.2 Å². The Morgan fingerprint density at radius 3 is 2.56 bits per heavy atom. The van der Waals surface area contributed by atoms with Gasteiger partial charge in [-0.3, -0.25) is 0 Å². The summed E-state index contributed by atoms with van der Waals surface area (Å²) in [6, 6.07) is 0. The predicted molar refractivity (Wildman–Crippen MR) is 127 cm³/mol. The zero-order chi connectivity index (χ0) is 24.0. The number of hydrogen-bond acceptors (Lipinski definition) is 6. The van der Waals surface area contributed by atoms with Crippen molar-refractivity contribution < 1.29 is 29.2 Å². The number of rotatable bonds is 3. The predicted octanol–water partition coefficient (Wildman–Crippen LogP) is 3.97. The smallest absolute Gasteiger partial charge is 0.161 e. The van der Waals surface area contributed by atoms with Crippen molar-refractivity contribution in [1.82, 2.24) is 0 Å². The van der Waals surface area contributed by atoms with E-state index in [1.165, 1.54) is 5.57 Å². The third kappa shape index (κ3) is 3.08. The van der Waals surface area contributed by atoms with E-state index >= 15 is 0 Å². The molecule has 0 unspecified atom stereocenters. The molecule has 2 aliphatic heterocycles. The summed E-state index contributed by atoms with van der Waals surface area (Å²) in [6.07, 6.45) is 9.10. The van der Waals surface area contributed by atoms with Crippen LogP contribution in [0, 0.1) is 28.6 Å². The molecular weight excluding hydrogens is 432 g/mol. The highest BCUT2D eigenvalue weighted by Gasteiger charge is 2.73. The molecule has 2 N–H and O–H groups in total. The largest absolute Gasteiger partial charge is 0.389 e. The van der Waals surface area contributed by atoms with E-state index in [0.29, 0.717) is 24.2 Å². The lowest BCUT2D eigenvalue weighted by atomic mass is 9.45. The van der Waals surface area contributed by atoms with E-state index in [1.54, 1.807) is 7.11 Å². The minimum Gasteiger partial charge on any atom is -0.389 e. The summed E-state index contributed by atoms with van der Waals surface area (Å²) in [4.78, 5) is 0. The lowest BCUT2D eigenvalue weighted by molar-refractivity contribution is -0.266. The second-order valence-corrected chi connectivity index (χ2v) is 12.8. The molecule has 0 aromatic heterocycles. The molecule has 5 fully saturated rings. The van der Waals surface area contributed by atoms with Crippen LogP contribution in [0.4, 0.5) is 0 Å². The Morgan fingerprint density at radius 1 is 1.00 bits per heavy atom. The zero-order valence-electron chi connectivity index (χ0n) is 21.5. The highest BCUT2D eigenvalue weighted by atomic mass is 16.7. The fourth-order valence-corrected chi connectivity index (χ4v) is 9.55. The average molecular weight is 477 g/mol. The summed E-state index contributed by atoms with van der Waals surface area (Å²) in [7, 11) is 1.64. The first-order chi connectivity index (χ1) is 16.1. The fraction of sp³-hybridized carbons (Fsp3) is 0.929. The number of allylic oxidation sites excluding steroid dienone is 1. The van der Waals surface area contributed by atoms with Crippen molar-refractivity contribution in [3.8, 4) is 0 Å². The van der Waals surface area contributed by atoms with Gasteiger partial charge in [0.1, 0.15) is 6.10 Å². The molecule has 2 heterocycles. The Bertz CT molecular complexity index is 845. The van der Waals surface area contributed by atoms with Gasteiger partial charge in [-0.1, -0.05) is 25.5 Å². The molecule has 0 aromatic carbocycles. The van der Waals surface area contributed by atoms with E-state index in [0.717, 1.165) is 44.9 Å². The van der Waals surface area contributed by atoms with Gasteiger partial charge < -0.3 is 29.2 Å². The van der Waals surface area contributed by atoms with Gasteiger partial charge in [0, 0.05) is 18.9 Å². The topological polar surface area (TPSA) is 77.4 Å². The van der Waals surface area contributed by atoms with Gasteiger partial charge >= 0.3 is 0 Å². The Morgan fingerprint density at radius 2 is 1.79 bits per heavy atom. The number of aliphatic hydroxyl groups is 2. The molecule has 192 valence electrons. The molecule has 6 nitrogen and oxygen atoms in total. The molecule has 6 aliphatic rings. The summed E-state index contributed by atoms with van der Waals surface area (Å²) in [5, 5.41) is 22.5. The Kier molecular flexibility index (Phi) is 5.62. The normalized spacial score (nSPS) is 58.6. The first-order valence-electron chi connectivity index (χ1n) is 13.7. The average Bonchev–Trinajstić information content (AvgIpc) is 3.23. The van der Waals surface area contributed by atoms with Crippen LogP contribution in [0.5, 0.6) is 0 Å². The van der Waals surface area contributed by atoms with E-state index in [4.69, 9.17) is 18.9 Å². The van der Waals surface area contributed by atoms with Gasteiger partial charge in [0.2, 0.25) is 0 Å². The molecule has 0 amide bonds. The summed E-state index contributed by atoms with van der Waals surface area (Å²) < 4.78 is 24.5. The summed E-state index contributed by atoms with van der Waals surface area (Å²) in [5.74, 6) is 1.27. The van der Waals surface area contributed by atoms with Gasteiger partial charge in [-0.05, 0) is 82.0 Å². The number of fused-ring (bicyclic) bond motifs is 4. The van der Waals surface area contributed by atoms with Crippen molar-refractivity contribution in [2.24, 2.45) is 28.6 Å². The maximum atomic E-state index is 12.2. The van der Waals surface area contributed by atoms with Crippen LogP contribution >= 0.6 is 0 Å². The van der Waals surface area contributed by atoms with Crippen LogP contribution in [-0.4, -0.2) is 65.8 Å². The Balaban J connectivity index is 1.20. The van der Waals surface area contributed by atoms with Crippen LogP contribution in [0.1, 0.15) is 79.1 Å². The first kappa shape index (κ1) is 23.9. The lowest BCUT2D eigenvalue weighted by Gasteiger charge is -2.61. The van der Waals surface area contributed by atoms with Gasteiger partial charge in [-0.2, -0.15) is 0 Å².